The number of nitrogens with zero attached hydrogens (tertiary/aromatic N) is 2. The van der Waals surface area contributed by atoms with Crippen LogP contribution in [0.25, 0.3) is 0 Å². The molecule has 0 aromatic carbocycles. The van der Waals surface area contributed by atoms with Crippen LogP contribution in [0.3, 0.4) is 0 Å². The monoisotopic (exact) mass is 563 g/mol. The van der Waals surface area contributed by atoms with Crippen LogP contribution in [-0.2, 0) is 20.9 Å². The van der Waals surface area contributed by atoms with Crippen LogP contribution in [0.5, 0.6) is 0 Å². The zero-order chi connectivity index (χ0) is 29.3. The van der Waals surface area contributed by atoms with Gasteiger partial charge in [-0.2, -0.15) is 0 Å². The Balaban J connectivity index is 2.39. The maximum Gasteiger partial charge on any atom is 0.320 e. The molecule has 3 unspecified atom stereocenters. The molecule has 0 fully saturated rings. The van der Waals surface area contributed by atoms with E-state index in [9.17, 15) is 14.7 Å². The van der Waals surface area contributed by atoms with Crippen molar-refractivity contribution in [2.24, 2.45) is 5.92 Å². The lowest BCUT2D eigenvalue weighted by Crippen LogP contribution is -2.37. The van der Waals surface area contributed by atoms with E-state index in [0.29, 0.717) is 18.8 Å². The van der Waals surface area contributed by atoms with Crippen molar-refractivity contribution in [1.82, 2.24) is 14.9 Å². The van der Waals surface area contributed by atoms with Crippen molar-refractivity contribution in [1.29, 1.82) is 0 Å². The number of esters is 1. The van der Waals surface area contributed by atoms with Crippen LogP contribution >= 0.6 is 0 Å². The van der Waals surface area contributed by atoms with Gasteiger partial charge in [0.1, 0.15) is 12.1 Å². The molecule has 0 spiro atoms. The number of carboxylic acids is 1. The summed E-state index contributed by atoms with van der Waals surface area (Å²) in [5.74, 6) is -0.283. The Hall–Kier alpha value is -1.89. The van der Waals surface area contributed by atoms with E-state index in [-0.39, 0.29) is 12.1 Å². The highest BCUT2D eigenvalue weighted by atomic mass is 16.5. The van der Waals surface area contributed by atoms with Gasteiger partial charge in [-0.25, -0.2) is 4.98 Å². The Morgan fingerprint density at radius 3 is 2.15 bits per heavy atom. The second-order valence-electron chi connectivity index (χ2n) is 11.6. The molecule has 0 saturated carbocycles. The van der Waals surface area contributed by atoms with Crippen LogP contribution in [0.15, 0.2) is 18.7 Å². The van der Waals surface area contributed by atoms with Gasteiger partial charge in [-0.3, -0.25) is 9.59 Å². The average Bonchev–Trinajstić information content (AvgIpc) is 3.46. The fraction of sp³-hybridized carbons (Fsp3) is 0.848. The minimum atomic E-state index is -0.742. The van der Waals surface area contributed by atoms with Crippen molar-refractivity contribution >= 4 is 11.9 Å². The first-order valence-corrected chi connectivity index (χ1v) is 16.6. The lowest BCUT2D eigenvalue weighted by molar-refractivity contribution is -0.149. The molecule has 3 atom stereocenters. The van der Waals surface area contributed by atoms with Crippen LogP contribution in [-0.4, -0.2) is 45.3 Å². The van der Waals surface area contributed by atoms with E-state index in [0.717, 1.165) is 96.6 Å². The summed E-state index contributed by atoms with van der Waals surface area (Å²) in [7, 11) is 0. The molecule has 0 aliphatic rings. The van der Waals surface area contributed by atoms with Gasteiger partial charge in [0.2, 0.25) is 0 Å². The summed E-state index contributed by atoms with van der Waals surface area (Å²) in [5, 5.41) is 12.9. The zero-order valence-electron chi connectivity index (χ0n) is 26.1. The maximum atomic E-state index is 12.5. The molecular weight excluding hydrogens is 502 g/mol. The minimum absolute atomic E-state index is 0.0523. The van der Waals surface area contributed by atoms with Gasteiger partial charge in [0.15, 0.2) is 0 Å². The molecule has 0 amide bonds. The molecular formula is C33H61N3O4. The number of unbranched alkanes of at least 4 members (excludes halogenated alkanes) is 9. The molecule has 0 aliphatic carbocycles. The minimum Gasteiger partial charge on any atom is -0.480 e. The third-order valence-electron chi connectivity index (χ3n) is 8.05. The predicted octanol–water partition coefficient (Wildman–Crippen LogP) is 8.32. The number of carboxylic acid groups (broad SMARTS) is 1. The average molecular weight is 564 g/mol. The van der Waals surface area contributed by atoms with Crippen LogP contribution in [0.4, 0.5) is 0 Å². The highest BCUT2D eigenvalue weighted by Crippen LogP contribution is 2.21. The number of nitrogens with one attached hydrogen (secondary N) is 1. The SMILES string of the molecule is CCCCCCCCC(CC)OC(=O)CCCCC(CCCn1ccnc1)CCNC(CCCCCC)C(=O)O. The molecule has 1 aromatic heterocycles. The number of hydrogen-bond acceptors (Lipinski definition) is 5. The number of carbonyl (C=O) groups excluding carboxylic acids is 1. The van der Waals surface area contributed by atoms with Crippen molar-refractivity contribution in [3.63, 3.8) is 0 Å². The summed E-state index contributed by atoms with van der Waals surface area (Å²) < 4.78 is 7.90. The maximum absolute atomic E-state index is 12.5. The summed E-state index contributed by atoms with van der Waals surface area (Å²) in [6.07, 6.45) is 26.7. The third-order valence-corrected chi connectivity index (χ3v) is 8.05. The molecule has 0 radical (unpaired) electrons. The molecule has 7 nitrogen and oxygen atoms in total. The van der Waals surface area contributed by atoms with E-state index in [1.165, 1.54) is 32.1 Å². The number of aliphatic carboxylic acids is 1. The van der Waals surface area contributed by atoms with Gasteiger partial charge in [0, 0.05) is 25.4 Å². The number of hydrogen-bond donors (Lipinski definition) is 2. The van der Waals surface area contributed by atoms with E-state index in [4.69, 9.17) is 4.74 Å². The first-order chi connectivity index (χ1) is 19.5. The number of carbonyl (C=O) groups is 2. The number of imidazole rings is 1. The lowest BCUT2D eigenvalue weighted by atomic mass is 9.92. The van der Waals surface area contributed by atoms with Crippen LogP contribution in [0, 0.1) is 5.92 Å². The van der Waals surface area contributed by atoms with E-state index >= 15 is 0 Å². The van der Waals surface area contributed by atoms with E-state index in [2.05, 4.69) is 35.6 Å². The second-order valence-corrected chi connectivity index (χ2v) is 11.6. The number of ether oxygens (including phenoxy) is 1. The standard InChI is InChI=1S/C33H61N3O4/c1-4-7-9-11-12-13-20-30(6-3)40-32(37)22-16-15-18-29(19-17-26-36-27-25-34-28-36)23-24-35-31(33(38)39)21-14-10-8-5-2/h25,27-31,35H,4-24,26H2,1-3H3,(H,38,39). The van der Waals surface area contributed by atoms with Gasteiger partial charge in [-0.15, -0.1) is 0 Å². The van der Waals surface area contributed by atoms with Crippen LogP contribution in [0.2, 0.25) is 0 Å². The van der Waals surface area contributed by atoms with Gasteiger partial charge in [0.05, 0.1) is 6.33 Å². The van der Waals surface area contributed by atoms with Crippen molar-refractivity contribution < 1.29 is 19.4 Å². The van der Waals surface area contributed by atoms with Crippen molar-refractivity contribution in [2.45, 2.75) is 168 Å². The van der Waals surface area contributed by atoms with Crippen molar-refractivity contribution in [3.05, 3.63) is 18.7 Å². The fourth-order valence-corrected chi connectivity index (χ4v) is 5.41. The number of aryl methyl sites for hydroxylation is 1. The van der Waals surface area contributed by atoms with Crippen LogP contribution < -0.4 is 5.32 Å². The second kappa shape index (κ2) is 24.9. The Bertz CT molecular complexity index is 725. The summed E-state index contributed by atoms with van der Waals surface area (Å²) in [6.45, 7) is 8.18. The zero-order valence-corrected chi connectivity index (χ0v) is 26.1. The number of aromatic nitrogens is 2. The van der Waals surface area contributed by atoms with E-state index < -0.39 is 12.0 Å². The number of rotatable bonds is 28. The van der Waals surface area contributed by atoms with Gasteiger partial charge in [0.25, 0.3) is 0 Å². The molecule has 7 heteroatoms. The Morgan fingerprint density at radius 2 is 1.48 bits per heavy atom. The van der Waals surface area contributed by atoms with Crippen molar-refractivity contribution in [2.75, 3.05) is 6.54 Å². The third kappa shape index (κ3) is 19.2. The van der Waals surface area contributed by atoms with Gasteiger partial charge < -0.3 is 19.7 Å². The van der Waals surface area contributed by atoms with Gasteiger partial charge in [-0.05, 0) is 63.8 Å². The Labute approximate surface area is 245 Å². The van der Waals surface area contributed by atoms with Gasteiger partial charge in [-0.1, -0.05) is 91.4 Å². The largest absolute Gasteiger partial charge is 0.480 e. The van der Waals surface area contributed by atoms with Crippen LogP contribution in [0.1, 0.15) is 149 Å². The first kappa shape index (κ1) is 36.1. The Morgan fingerprint density at radius 1 is 0.825 bits per heavy atom. The summed E-state index contributed by atoms with van der Waals surface area (Å²) in [6, 6.07) is -0.457. The molecule has 0 saturated heterocycles. The molecule has 2 N–H and O–H groups in total. The molecule has 1 heterocycles. The Kier molecular flexibility index (Phi) is 22.5. The van der Waals surface area contributed by atoms with E-state index in [1.807, 2.05) is 18.7 Å². The smallest absolute Gasteiger partial charge is 0.320 e. The highest BCUT2D eigenvalue weighted by molar-refractivity contribution is 5.73. The predicted molar refractivity (Wildman–Crippen MR) is 164 cm³/mol. The quantitative estimate of drug-likeness (QED) is 0.0786. The fourth-order valence-electron chi connectivity index (χ4n) is 5.41. The molecule has 0 bridgehead atoms. The van der Waals surface area contributed by atoms with Crippen molar-refractivity contribution in [3.8, 4) is 0 Å². The van der Waals surface area contributed by atoms with E-state index in [1.54, 1.807) is 0 Å². The normalized spacial score (nSPS) is 13.7. The van der Waals surface area contributed by atoms with Gasteiger partial charge >= 0.3 is 11.9 Å². The summed E-state index contributed by atoms with van der Waals surface area (Å²) in [5.41, 5.74) is 0. The molecule has 0 aliphatic heterocycles. The first-order valence-electron chi connectivity index (χ1n) is 16.6. The summed E-state index contributed by atoms with van der Waals surface area (Å²) >= 11 is 0. The topological polar surface area (TPSA) is 93.5 Å². The molecule has 40 heavy (non-hydrogen) atoms. The molecule has 232 valence electrons. The lowest BCUT2D eigenvalue weighted by Gasteiger charge is -2.20. The summed E-state index contributed by atoms with van der Waals surface area (Å²) in [4.78, 5) is 28.3. The molecule has 1 rings (SSSR count). The molecule has 1 aromatic rings. The highest BCUT2D eigenvalue weighted by Gasteiger charge is 2.18.